The van der Waals surface area contributed by atoms with Crippen LogP contribution in [0.15, 0.2) is 60.7 Å². The summed E-state index contributed by atoms with van der Waals surface area (Å²) in [6.07, 6.45) is 26.2. The minimum atomic E-state index is -0.306. The van der Waals surface area contributed by atoms with Crippen LogP contribution in [0.25, 0.3) is 16.8 Å². The van der Waals surface area contributed by atoms with Gasteiger partial charge in [-0.15, -0.1) is 0 Å². The van der Waals surface area contributed by atoms with E-state index in [9.17, 15) is 10.5 Å². The second kappa shape index (κ2) is 18.7. The van der Waals surface area contributed by atoms with E-state index in [0.29, 0.717) is 0 Å². The minimum absolute atomic E-state index is 0.108. The topological polar surface area (TPSA) is 47.6 Å². The van der Waals surface area contributed by atoms with Crippen molar-refractivity contribution in [2.24, 2.45) is 0 Å². The molecule has 1 aliphatic rings. The van der Waals surface area contributed by atoms with Crippen molar-refractivity contribution in [3.8, 4) is 12.1 Å². The molecule has 0 amide bonds. The van der Waals surface area contributed by atoms with Crippen molar-refractivity contribution in [2.75, 3.05) is 24.6 Å². The molecule has 2 nitrogen and oxygen atoms in total. The van der Waals surface area contributed by atoms with Gasteiger partial charge in [0, 0.05) is 10.8 Å². The smallest absolute Gasteiger partial charge is 0.0991 e. The third-order valence-electron chi connectivity index (χ3n) is 9.95. The van der Waals surface area contributed by atoms with E-state index in [1.165, 1.54) is 124 Å². The number of allylic oxidation sites excluding steroid dienone is 1. The second-order valence-corrected chi connectivity index (χ2v) is 19.0. The van der Waals surface area contributed by atoms with Gasteiger partial charge in [-0.1, -0.05) is 137 Å². The molecule has 0 spiro atoms. The van der Waals surface area contributed by atoms with Crippen molar-refractivity contribution in [1.82, 2.24) is 0 Å². The summed E-state index contributed by atoms with van der Waals surface area (Å²) in [7, 11) is -0.612. The lowest BCUT2D eigenvalue weighted by Gasteiger charge is -2.53. The van der Waals surface area contributed by atoms with Crippen molar-refractivity contribution in [1.29, 1.82) is 10.5 Å². The SMILES string of the molecule is CCCCCP(CCCCC)C1(P(CCCCC)CCCCC)C=Cc2cc(C#N)ccc2[C@@H]1c1cccc2cc(C#N)ccc12. The summed E-state index contributed by atoms with van der Waals surface area (Å²) in [6.45, 7) is 9.37. The maximum atomic E-state index is 9.88. The van der Waals surface area contributed by atoms with Crippen LogP contribution in [0.4, 0.5) is 0 Å². The van der Waals surface area contributed by atoms with E-state index in [1.54, 1.807) is 0 Å². The Morgan fingerprint density at radius 3 is 1.65 bits per heavy atom. The number of rotatable bonds is 19. The summed E-state index contributed by atoms with van der Waals surface area (Å²) < 4.78 is 0. The Labute approximate surface area is 283 Å². The van der Waals surface area contributed by atoms with Gasteiger partial charge >= 0.3 is 0 Å². The zero-order valence-corrected chi connectivity index (χ0v) is 30.8. The molecule has 0 bridgehead atoms. The van der Waals surface area contributed by atoms with Crippen LogP contribution in [-0.4, -0.2) is 29.5 Å². The van der Waals surface area contributed by atoms with Crippen LogP contribution in [-0.2, 0) is 0 Å². The fraction of sp³-hybridized carbons (Fsp3) is 0.524. The van der Waals surface area contributed by atoms with Gasteiger partial charge in [0.2, 0.25) is 0 Å². The summed E-state index contributed by atoms with van der Waals surface area (Å²) >= 11 is 0. The zero-order chi connectivity index (χ0) is 32.8. The number of benzene rings is 3. The molecule has 0 aliphatic heterocycles. The lowest BCUT2D eigenvalue weighted by molar-refractivity contribution is 0.717. The molecule has 0 N–H and O–H groups in total. The molecule has 1 aliphatic carbocycles. The number of hydrogen-bond acceptors (Lipinski definition) is 2. The maximum absolute atomic E-state index is 9.88. The molecule has 46 heavy (non-hydrogen) atoms. The van der Waals surface area contributed by atoms with Gasteiger partial charge in [-0.2, -0.15) is 10.5 Å². The summed E-state index contributed by atoms with van der Waals surface area (Å²) in [4.78, 5) is 0.108. The summed E-state index contributed by atoms with van der Waals surface area (Å²) in [6, 6.07) is 24.5. The highest BCUT2D eigenvalue weighted by Gasteiger charge is 2.51. The molecule has 0 fully saturated rings. The first kappa shape index (κ1) is 36.3. The van der Waals surface area contributed by atoms with E-state index in [-0.39, 0.29) is 26.7 Å². The van der Waals surface area contributed by atoms with Gasteiger partial charge in [0.25, 0.3) is 0 Å². The van der Waals surface area contributed by atoms with Gasteiger partial charge in [-0.3, -0.25) is 0 Å². The van der Waals surface area contributed by atoms with Gasteiger partial charge in [0.15, 0.2) is 0 Å². The first-order valence-electron chi connectivity index (χ1n) is 18.2. The lowest BCUT2D eigenvalue weighted by Crippen LogP contribution is -2.37. The molecule has 0 saturated carbocycles. The van der Waals surface area contributed by atoms with Gasteiger partial charge < -0.3 is 0 Å². The third kappa shape index (κ3) is 8.50. The molecular weight excluding hydrogens is 594 g/mol. The molecule has 0 unspecified atom stereocenters. The summed E-state index contributed by atoms with van der Waals surface area (Å²) in [5.41, 5.74) is 5.53. The Morgan fingerprint density at radius 2 is 1.13 bits per heavy atom. The normalized spacial score (nSPS) is 15.3. The van der Waals surface area contributed by atoms with Gasteiger partial charge in [0.05, 0.1) is 23.3 Å². The number of nitriles is 2. The predicted octanol–water partition coefficient (Wildman–Crippen LogP) is 13.2. The molecule has 4 heteroatoms. The Bertz CT molecular complexity index is 1470. The van der Waals surface area contributed by atoms with Crippen LogP contribution < -0.4 is 0 Å². The minimum Gasteiger partial charge on any atom is -0.192 e. The largest absolute Gasteiger partial charge is 0.192 e. The average Bonchev–Trinajstić information content (AvgIpc) is 3.09. The molecule has 0 radical (unpaired) electrons. The highest BCUT2D eigenvalue weighted by atomic mass is 31.2. The first-order chi connectivity index (χ1) is 22.6. The molecule has 0 saturated heterocycles. The van der Waals surface area contributed by atoms with Crippen molar-refractivity contribution in [2.45, 2.75) is 116 Å². The molecule has 244 valence electrons. The van der Waals surface area contributed by atoms with Crippen LogP contribution in [0.1, 0.15) is 138 Å². The van der Waals surface area contributed by atoms with E-state index >= 15 is 0 Å². The van der Waals surface area contributed by atoms with Gasteiger partial charge in [-0.25, -0.2) is 0 Å². The molecule has 4 rings (SSSR count). The Balaban J connectivity index is 2.05. The third-order valence-corrected chi connectivity index (χ3v) is 17.9. The summed E-state index contributed by atoms with van der Waals surface area (Å²) in [5.74, 6) is 0.251. The molecular formula is C42H56N2P2. The van der Waals surface area contributed by atoms with E-state index in [0.717, 1.165) is 16.5 Å². The van der Waals surface area contributed by atoms with Crippen LogP contribution in [0.3, 0.4) is 0 Å². The maximum Gasteiger partial charge on any atom is 0.0991 e. The number of hydrogen-bond donors (Lipinski definition) is 0. The Hall–Kier alpha value is -2.50. The zero-order valence-electron chi connectivity index (χ0n) is 29.0. The van der Waals surface area contributed by atoms with Crippen molar-refractivity contribution >= 4 is 32.7 Å². The predicted molar refractivity (Wildman–Crippen MR) is 205 cm³/mol. The van der Waals surface area contributed by atoms with Crippen molar-refractivity contribution in [3.63, 3.8) is 0 Å². The monoisotopic (exact) mass is 650 g/mol. The van der Waals surface area contributed by atoms with Crippen LogP contribution in [0.2, 0.25) is 0 Å². The van der Waals surface area contributed by atoms with E-state index in [2.05, 4.69) is 101 Å². The molecule has 3 aromatic carbocycles. The van der Waals surface area contributed by atoms with E-state index < -0.39 is 0 Å². The van der Waals surface area contributed by atoms with Crippen LogP contribution >= 0.6 is 15.8 Å². The quantitative estimate of drug-likeness (QED) is 0.0957. The highest BCUT2D eigenvalue weighted by molar-refractivity contribution is 7.77. The Kier molecular flexibility index (Phi) is 14.8. The molecule has 0 aromatic heterocycles. The van der Waals surface area contributed by atoms with Crippen molar-refractivity contribution in [3.05, 3.63) is 88.5 Å². The Morgan fingerprint density at radius 1 is 0.609 bits per heavy atom. The van der Waals surface area contributed by atoms with Crippen molar-refractivity contribution < 1.29 is 0 Å². The standard InChI is InChI=1S/C42H56N2P2/c1-5-9-13-26-45(27-14-10-6-2)42(46(28-15-11-7-3)29-16-12-8-4)25-24-37-31-35(33-44)21-23-39(37)41(42)40-19-17-18-36-30-34(32-43)20-22-38(36)40/h17-25,30-31,41H,5-16,26-29H2,1-4H3/t41-/m1/s1. The van der Waals surface area contributed by atoms with Crippen LogP contribution in [0, 0.1) is 22.7 Å². The summed E-state index contributed by atoms with van der Waals surface area (Å²) in [5, 5.41) is 22.1. The van der Waals surface area contributed by atoms with E-state index in [1.807, 2.05) is 6.07 Å². The fourth-order valence-electron chi connectivity index (χ4n) is 7.54. The molecule has 1 atom stereocenters. The van der Waals surface area contributed by atoms with E-state index in [4.69, 9.17) is 0 Å². The van der Waals surface area contributed by atoms with Gasteiger partial charge in [-0.05, 0) is 102 Å². The van der Waals surface area contributed by atoms with Gasteiger partial charge in [0.1, 0.15) is 0 Å². The number of nitrogens with zero attached hydrogens (tertiary/aromatic N) is 2. The number of fused-ring (bicyclic) bond motifs is 2. The number of unbranched alkanes of at least 4 members (excludes halogenated alkanes) is 8. The fourth-order valence-corrected chi connectivity index (χ4v) is 16.5. The van der Waals surface area contributed by atoms with Crippen LogP contribution in [0.5, 0.6) is 0 Å². The average molecular weight is 651 g/mol. The molecule has 3 aromatic rings. The molecule has 0 heterocycles. The first-order valence-corrected chi connectivity index (χ1v) is 21.7. The second-order valence-electron chi connectivity index (χ2n) is 13.2. The highest BCUT2D eigenvalue weighted by Crippen LogP contribution is 2.76. The lowest BCUT2D eigenvalue weighted by atomic mass is 9.79.